The minimum absolute atomic E-state index is 0.132. The van der Waals surface area contributed by atoms with Crippen molar-refractivity contribution in [3.05, 3.63) is 60.2 Å². The summed E-state index contributed by atoms with van der Waals surface area (Å²) in [6, 6.07) is 17.9. The average Bonchev–Trinajstić information content (AvgIpc) is 2.61. The largest absolute Gasteiger partial charge is 0.372 e. The molecule has 0 fully saturated rings. The molecule has 0 heterocycles. The van der Waals surface area contributed by atoms with E-state index in [4.69, 9.17) is 10.5 Å². The van der Waals surface area contributed by atoms with E-state index >= 15 is 0 Å². The maximum absolute atomic E-state index is 12.3. The van der Waals surface area contributed by atoms with Gasteiger partial charge in [-0.3, -0.25) is 9.59 Å². The van der Waals surface area contributed by atoms with Crippen LogP contribution in [0, 0.1) is 0 Å². The molecule has 2 rings (SSSR count). The Kier molecular flexibility index (Phi) is 6.09. The molecule has 2 amide bonds. The molecule has 5 nitrogen and oxygen atoms in total. The standard InChI is InChI=1S/C19H22N2O3/c1-14(24-2)19(23)21(13-18(20)22)12-15-8-10-17(11-9-15)16-6-4-3-5-7-16/h3-11,14H,12-13H2,1-2H3,(H2,20,22)/t14-/m0/s1. The van der Waals surface area contributed by atoms with Gasteiger partial charge in [0.2, 0.25) is 5.91 Å². The fourth-order valence-electron chi connectivity index (χ4n) is 2.41. The Balaban J connectivity index is 2.14. The number of primary amides is 1. The third kappa shape index (κ3) is 4.67. The first kappa shape index (κ1) is 17.7. The summed E-state index contributed by atoms with van der Waals surface area (Å²) in [5.74, 6) is -0.809. The number of methoxy groups -OCH3 is 1. The molecule has 2 aromatic rings. The van der Waals surface area contributed by atoms with Gasteiger partial charge in [0.25, 0.3) is 5.91 Å². The minimum Gasteiger partial charge on any atom is -0.372 e. The fraction of sp³-hybridized carbons (Fsp3) is 0.263. The SMILES string of the molecule is CO[C@@H](C)C(=O)N(CC(N)=O)Cc1ccc(-c2ccccc2)cc1. The number of hydrogen-bond acceptors (Lipinski definition) is 3. The molecule has 0 unspecified atom stereocenters. The maximum Gasteiger partial charge on any atom is 0.252 e. The van der Waals surface area contributed by atoms with Crippen molar-refractivity contribution >= 4 is 11.8 Å². The molecule has 0 radical (unpaired) electrons. The normalized spacial score (nSPS) is 11.8. The average molecular weight is 326 g/mol. The van der Waals surface area contributed by atoms with Crippen LogP contribution >= 0.6 is 0 Å². The zero-order valence-electron chi connectivity index (χ0n) is 13.9. The second-order valence-electron chi connectivity index (χ2n) is 5.60. The second-order valence-corrected chi connectivity index (χ2v) is 5.60. The van der Waals surface area contributed by atoms with Gasteiger partial charge in [-0.05, 0) is 23.6 Å². The van der Waals surface area contributed by atoms with Gasteiger partial charge in [-0.1, -0.05) is 54.6 Å². The zero-order chi connectivity index (χ0) is 17.5. The van der Waals surface area contributed by atoms with E-state index in [2.05, 4.69) is 0 Å². The highest BCUT2D eigenvalue weighted by Crippen LogP contribution is 2.20. The molecule has 24 heavy (non-hydrogen) atoms. The molecule has 0 aliphatic heterocycles. The first-order valence-corrected chi connectivity index (χ1v) is 7.75. The second kappa shape index (κ2) is 8.26. The van der Waals surface area contributed by atoms with Gasteiger partial charge in [0.1, 0.15) is 6.10 Å². The number of amides is 2. The molecule has 126 valence electrons. The molecular weight excluding hydrogens is 304 g/mol. The topological polar surface area (TPSA) is 72.6 Å². The molecule has 1 atom stereocenters. The number of ether oxygens (including phenoxy) is 1. The molecule has 0 spiro atoms. The van der Waals surface area contributed by atoms with Crippen molar-refractivity contribution in [3.8, 4) is 11.1 Å². The van der Waals surface area contributed by atoms with E-state index in [0.29, 0.717) is 6.54 Å². The highest BCUT2D eigenvalue weighted by molar-refractivity contribution is 5.86. The highest BCUT2D eigenvalue weighted by atomic mass is 16.5. The van der Waals surface area contributed by atoms with Crippen molar-refractivity contribution in [2.75, 3.05) is 13.7 Å². The summed E-state index contributed by atoms with van der Waals surface area (Å²) >= 11 is 0. The molecule has 2 aromatic carbocycles. The van der Waals surface area contributed by atoms with E-state index < -0.39 is 12.0 Å². The van der Waals surface area contributed by atoms with Crippen LogP contribution < -0.4 is 5.73 Å². The number of nitrogens with zero attached hydrogens (tertiary/aromatic N) is 1. The van der Waals surface area contributed by atoms with E-state index in [0.717, 1.165) is 16.7 Å². The number of hydrogen-bond donors (Lipinski definition) is 1. The zero-order valence-corrected chi connectivity index (χ0v) is 13.9. The summed E-state index contributed by atoms with van der Waals surface area (Å²) in [5.41, 5.74) is 8.40. The third-order valence-electron chi connectivity index (χ3n) is 3.79. The molecule has 0 aromatic heterocycles. The van der Waals surface area contributed by atoms with Gasteiger partial charge in [-0.2, -0.15) is 0 Å². The Hall–Kier alpha value is -2.66. The lowest BCUT2D eigenvalue weighted by Crippen LogP contribution is -2.43. The Bertz CT molecular complexity index is 684. The van der Waals surface area contributed by atoms with Gasteiger partial charge < -0.3 is 15.4 Å². The smallest absolute Gasteiger partial charge is 0.252 e. The number of benzene rings is 2. The lowest BCUT2D eigenvalue weighted by atomic mass is 10.0. The maximum atomic E-state index is 12.3. The van der Waals surface area contributed by atoms with E-state index in [1.165, 1.54) is 12.0 Å². The number of carbonyl (C=O) groups is 2. The van der Waals surface area contributed by atoms with Crippen LogP contribution in [0.3, 0.4) is 0 Å². The van der Waals surface area contributed by atoms with Crippen LogP contribution in [0.5, 0.6) is 0 Å². The quantitative estimate of drug-likeness (QED) is 0.848. The Morgan fingerprint density at radius 2 is 1.62 bits per heavy atom. The van der Waals surface area contributed by atoms with Gasteiger partial charge >= 0.3 is 0 Å². The van der Waals surface area contributed by atoms with Crippen molar-refractivity contribution in [1.82, 2.24) is 4.90 Å². The van der Waals surface area contributed by atoms with Gasteiger partial charge in [0, 0.05) is 13.7 Å². The van der Waals surface area contributed by atoms with E-state index in [-0.39, 0.29) is 12.5 Å². The monoisotopic (exact) mass is 326 g/mol. The molecule has 0 saturated carbocycles. The van der Waals surface area contributed by atoms with E-state index in [1.54, 1.807) is 6.92 Å². The molecular formula is C19H22N2O3. The van der Waals surface area contributed by atoms with Crippen LogP contribution in [-0.4, -0.2) is 36.5 Å². The summed E-state index contributed by atoms with van der Waals surface area (Å²) in [7, 11) is 1.46. The Morgan fingerprint density at radius 3 is 2.17 bits per heavy atom. The van der Waals surface area contributed by atoms with Crippen molar-refractivity contribution < 1.29 is 14.3 Å². The van der Waals surface area contributed by atoms with Gasteiger partial charge in [0.05, 0.1) is 6.54 Å². The first-order valence-electron chi connectivity index (χ1n) is 7.75. The molecule has 5 heteroatoms. The summed E-state index contributed by atoms with van der Waals surface area (Å²) in [4.78, 5) is 24.9. The molecule has 0 aliphatic carbocycles. The first-order chi connectivity index (χ1) is 11.5. The van der Waals surface area contributed by atoms with Crippen LogP contribution in [0.2, 0.25) is 0 Å². The molecule has 2 N–H and O–H groups in total. The number of carbonyl (C=O) groups excluding carboxylic acids is 2. The Morgan fingerprint density at radius 1 is 1.04 bits per heavy atom. The van der Waals surface area contributed by atoms with Crippen molar-refractivity contribution in [3.63, 3.8) is 0 Å². The van der Waals surface area contributed by atoms with Crippen molar-refractivity contribution in [1.29, 1.82) is 0 Å². The molecule has 0 aliphatic rings. The summed E-state index contributed by atoms with van der Waals surface area (Å²) in [6.07, 6.45) is -0.618. The van der Waals surface area contributed by atoms with Gasteiger partial charge in [-0.15, -0.1) is 0 Å². The van der Waals surface area contributed by atoms with Crippen LogP contribution in [-0.2, 0) is 20.9 Å². The van der Waals surface area contributed by atoms with Crippen LogP contribution in [0.1, 0.15) is 12.5 Å². The highest BCUT2D eigenvalue weighted by Gasteiger charge is 2.21. The lowest BCUT2D eigenvalue weighted by Gasteiger charge is -2.24. The van der Waals surface area contributed by atoms with Crippen LogP contribution in [0.25, 0.3) is 11.1 Å². The van der Waals surface area contributed by atoms with E-state index in [1.807, 2.05) is 54.6 Å². The summed E-state index contributed by atoms with van der Waals surface area (Å²) < 4.78 is 5.05. The fourth-order valence-corrected chi connectivity index (χ4v) is 2.41. The van der Waals surface area contributed by atoms with Gasteiger partial charge in [-0.25, -0.2) is 0 Å². The van der Waals surface area contributed by atoms with Gasteiger partial charge in [0.15, 0.2) is 0 Å². The predicted octanol–water partition coefficient (Wildman–Crippen LogP) is 2.20. The van der Waals surface area contributed by atoms with Crippen molar-refractivity contribution in [2.24, 2.45) is 5.73 Å². The number of rotatable bonds is 7. The lowest BCUT2D eigenvalue weighted by molar-refractivity contribution is -0.144. The van der Waals surface area contributed by atoms with Crippen LogP contribution in [0.15, 0.2) is 54.6 Å². The minimum atomic E-state index is -0.618. The number of nitrogens with two attached hydrogens (primary N) is 1. The Labute approximate surface area is 142 Å². The molecule has 0 bridgehead atoms. The summed E-state index contributed by atoms with van der Waals surface area (Å²) in [5, 5.41) is 0. The van der Waals surface area contributed by atoms with Crippen LogP contribution in [0.4, 0.5) is 0 Å². The van der Waals surface area contributed by atoms with Crippen molar-refractivity contribution in [2.45, 2.75) is 19.6 Å². The van der Waals surface area contributed by atoms with E-state index in [9.17, 15) is 9.59 Å². The summed E-state index contributed by atoms with van der Waals surface area (Å²) in [6.45, 7) is 1.83. The third-order valence-corrected chi connectivity index (χ3v) is 3.79. The molecule has 0 saturated heterocycles. The predicted molar refractivity (Wildman–Crippen MR) is 93.0 cm³/mol.